The summed E-state index contributed by atoms with van der Waals surface area (Å²) >= 11 is 0. The lowest BCUT2D eigenvalue weighted by Gasteiger charge is -2.35. The molecule has 2 rings (SSSR count). The maximum Gasteiger partial charge on any atom is 0.293 e. The van der Waals surface area contributed by atoms with E-state index in [0.29, 0.717) is 18.9 Å². The Morgan fingerprint density at radius 2 is 2.15 bits per heavy atom. The summed E-state index contributed by atoms with van der Waals surface area (Å²) in [4.78, 5) is 16.1. The monoisotopic (exact) mass is 279 g/mol. The van der Waals surface area contributed by atoms with Crippen LogP contribution in [0.15, 0.2) is 17.2 Å². The van der Waals surface area contributed by atoms with Gasteiger partial charge in [-0.05, 0) is 38.5 Å². The Kier molecular flexibility index (Phi) is 4.81. The minimum Gasteiger partial charge on any atom is -0.388 e. The molecule has 1 saturated carbocycles. The molecule has 0 aromatic carbocycles. The molecular formula is C15H25N3O2. The van der Waals surface area contributed by atoms with Crippen molar-refractivity contribution >= 4 is 5.82 Å². The normalized spacial score (nSPS) is 26.4. The predicted octanol–water partition coefficient (Wildman–Crippen LogP) is 2.01. The lowest BCUT2D eigenvalue weighted by atomic mass is 9.78. The molecule has 1 aliphatic rings. The number of rotatable bonds is 5. The molecule has 0 spiro atoms. The van der Waals surface area contributed by atoms with E-state index in [0.717, 1.165) is 31.6 Å². The van der Waals surface area contributed by atoms with Gasteiger partial charge in [0.25, 0.3) is 5.56 Å². The van der Waals surface area contributed by atoms with Crippen molar-refractivity contribution in [2.45, 2.75) is 58.1 Å². The van der Waals surface area contributed by atoms with E-state index in [4.69, 9.17) is 0 Å². The van der Waals surface area contributed by atoms with Crippen LogP contribution in [0.5, 0.6) is 0 Å². The van der Waals surface area contributed by atoms with Gasteiger partial charge in [0.1, 0.15) is 0 Å². The number of aliphatic hydroxyl groups is 1. The van der Waals surface area contributed by atoms with Gasteiger partial charge in [0.05, 0.1) is 5.60 Å². The molecule has 0 atom stereocenters. The number of aryl methyl sites for hydroxylation is 1. The summed E-state index contributed by atoms with van der Waals surface area (Å²) in [6.45, 7) is 5.15. The molecular weight excluding hydrogens is 254 g/mol. The first-order valence-electron chi connectivity index (χ1n) is 7.59. The molecule has 1 fully saturated rings. The van der Waals surface area contributed by atoms with Crippen molar-refractivity contribution in [3.63, 3.8) is 0 Å². The predicted molar refractivity (Wildman–Crippen MR) is 79.9 cm³/mol. The Hall–Kier alpha value is -1.36. The van der Waals surface area contributed by atoms with Gasteiger partial charge in [-0.1, -0.05) is 13.3 Å². The van der Waals surface area contributed by atoms with Crippen LogP contribution in [0, 0.1) is 5.92 Å². The molecule has 20 heavy (non-hydrogen) atoms. The molecule has 5 nitrogen and oxygen atoms in total. The van der Waals surface area contributed by atoms with Gasteiger partial charge in [0.15, 0.2) is 5.82 Å². The third kappa shape index (κ3) is 3.39. The zero-order valence-corrected chi connectivity index (χ0v) is 12.4. The van der Waals surface area contributed by atoms with Crippen molar-refractivity contribution < 1.29 is 5.11 Å². The van der Waals surface area contributed by atoms with E-state index in [9.17, 15) is 9.90 Å². The van der Waals surface area contributed by atoms with Crippen molar-refractivity contribution in [1.82, 2.24) is 9.55 Å². The van der Waals surface area contributed by atoms with Crippen molar-refractivity contribution in [1.29, 1.82) is 0 Å². The van der Waals surface area contributed by atoms with Gasteiger partial charge < -0.3 is 15.0 Å². The fourth-order valence-corrected chi connectivity index (χ4v) is 2.87. The van der Waals surface area contributed by atoms with Crippen LogP contribution < -0.4 is 10.9 Å². The molecule has 1 aromatic rings. The average molecular weight is 279 g/mol. The summed E-state index contributed by atoms with van der Waals surface area (Å²) in [5.41, 5.74) is -0.826. The highest BCUT2D eigenvalue weighted by atomic mass is 16.3. The van der Waals surface area contributed by atoms with Gasteiger partial charge >= 0.3 is 0 Å². The molecule has 0 saturated heterocycles. The third-order valence-corrected chi connectivity index (χ3v) is 4.45. The molecule has 1 heterocycles. The van der Waals surface area contributed by atoms with Gasteiger partial charge in [-0.25, -0.2) is 4.98 Å². The van der Waals surface area contributed by atoms with E-state index in [1.54, 1.807) is 17.0 Å². The molecule has 0 radical (unpaired) electrons. The Labute approximate surface area is 120 Å². The Morgan fingerprint density at radius 1 is 1.45 bits per heavy atom. The molecule has 1 aromatic heterocycles. The molecule has 0 aliphatic heterocycles. The smallest absolute Gasteiger partial charge is 0.293 e. The summed E-state index contributed by atoms with van der Waals surface area (Å²) in [7, 11) is 0. The number of anilines is 1. The quantitative estimate of drug-likeness (QED) is 0.865. The summed E-state index contributed by atoms with van der Waals surface area (Å²) in [6.07, 6.45) is 8.21. The first-order chi connectivity index (χ1) is 9.58. The van der Waals surface area contributed by atoms with Crippen LogP contribution in [0.3, 0.4) is 0 Å². The molecule has 1 aliphatic carbocycles. The highest BCUT2D eigenvalue weighted by Gasteiger charge is 2.32. The van der Waals surface area contributed by atoms with Crippen molar-refractivity contribution in [3.05, 3.63) is 22.7 Å². The SMILES string of the molecule is CCC1CCC(O)(CNc2nccn(CC)c2=O)CC1. The van der Waals surface area contributed by atoms with Crippen molar-refractivity contribution in [2.24, 2.45) is 5.92 Å². The van der Waals surface area contributed by atoms with E-state index >= 15 is 0 Å². The van der Waals surface area contributed by atoms with Crippen LogP contribution in [0.1, 0.15) is 46.0 Å². The van der Waals surface area contributed by atoms with Crippen molar-refractivity contribution in [2.75, 3.05) is 11.9 Å². The minimum atomic E-state index is -0.702. The molecule has 0 unspecified atom stereocenters. The fraction of sp³-hybridized carbons (Fsp3) is 0.733. The first-order valence-corrected chi connectivity index (χ1v) is 7.59. The zero-order valence-electron chi connectivity index (χ0n) is 12.4. The number of hydrogen-bond acceptors (Lipinski definition) is 4. The number of hydrogen-bond donors (Lipinski definition) is 2. The van der Waals surface area contributed by atoms with E-state index < -0.39 is 5.60 Å². The van der Waals surface area contributed by atoms with E-state index in [2.05, 4.69) is 17.2 Å². The van der Waals surface area contributed by atoms with Crippen LogP contribution in [-0.4, -0.2) is 26.8 Å². The lowest BCUT2D eigenvalue weighted by molar-refractivity contribution is 0.00220. The first kappa shape index (κ1) is 15.0. The lowest BCUT2D eigenvalue weighted by Crippen LogP contribution is -2.41. The number of nitrogens with zero attached hydrogens (tertiary/aromatic N) is 2. The maximum atomic E-state index is 12.0. The van der Waals surface area contributed by atoms with Crippen LogP contribution in [0.4, 0.5) is 5.82 Å². The summed E-state index contributed by atoms with van der Waals surface area (Å²) < 4.78 is 1.60. The second kappa shape index (κ2) is 6.39. The molecule has 112 valence electrons. The Bertz CT molecular complexity index is 490. The summed E-state index contributed by atoms with van der Waals surface area (Å²) in [5.74, 6) is 1.07. The fourth-order valence-electron chi connectivity index (χ4n) is 2.87. The Morgan fingerprint density at radius 3 is 2.75 bits per heavy atom. The molecule has 0 amide bonds. The van der Waals surface area contributed by atoms with Crippen LogP contribution in [-0.2, 0) is 6.54 Å². The second-order valence-corrected chi connectivity index (χ2v) is 5.80. The number of nitrogens with one attached hydrogen (secondary N) is 1. The topological polar surface area (TPSA) is 67.2 Å². The molecule has 5 heteroatoms. The second-order valence-electron chi connectivity index (χ2n) is 5.80. The standard InChI is InChI=1S/C15H25N3O2/c1-3-12-5-7-15(20,8-6-12)11-17-13-14(19)18(4-2)10-9-16-13/h9-10,12,20H,3-8,11H2,1-2H3,(H,16,17). The summed E-state index contributed by atoms with van der Waals surface area (Å²) in [6, 6.07) is 0. The average Bonchev–Trinajstić information content (AvgIpc) is 2.47. The molecule has 2 N–H and O–H groups in total. The van der Waals surface area contributed by atoms with E-state index in [1.165, 1.54) is 6.42 Å². The van der Waals surface area contributed by atoms with Crippen molar-refractivity contribution in [3.8, 4) is 0 Å². The minimum absolute atomic E-state index is 0.124. The maximum absolute atomic E-state index is 12.0. The third-order valence-electron chi connectivity index (χ3n) is 4.45. The van der Waals surface area contributed by atoms with Gasteiger partial charge in [-0.2, -0.15) is 0 Å². The van der Waals surface area contributed by atoms with Gasteiger partial charge in [0, 0.05) is 25.5 Å². The van der Waals surface area contributed by atoms with E-state index in [1.807, 2.05) is 6.92 Å². The van der Waals surface area contributed by atoms with Crippen LogP contribution in [0.2, 0.25) is 0 Å². The zero-order chi connectivity index (χ0) is 14.6. The Balaban J connectivity index is 1.97. The van der Waals surface area contributed by atoms with Crippen LogP contribution in [0.25, 0.3) is 0 Å². The van der Waals surface area contributed by atoms with Crippen LogP contribution >= 0.6 is 0 Å². The van der Waals surface area contributed by atoms with Gasteiger partial charge in [0.2, 0.25) is 0 Å². The number of aromatic nitrogens is 2. The highest BCUT2D eigenvalue weighted by Crippen LogP contribution is 2.33. The molecule has 0 bridgehead atoms. The van der Waals surface area contributed by atoms with Gasteiger partial charge in [-0.3, -0.25) is 4.79 Å². The van der Waals surface area contributed by atoms with Gasteiger partial charge in [-0.15, -0.1) is 0 Å². The summed E-state index contributed by atoms with van der Waals surface area (Å²) in [5, 5.41) is 13.6. The van der Waals surface area contributed by atoms with E-state index in [-0.39, 0.29) is 5.56 Å². The largest absolute Gasteiger partial charge is 0.388 e. The highest BCUT2D eigenvalue weighted by molar-refractivity contribution is 5.31.